The Balaban J connectivity index is 1.83. The van der Waals surface area contributed by atoms with Crippen LogP contribution in [0.25, 0.3) is 0 Å². The number of carbonyl (C=O) groups is 2. The molecular formula is C18H19N3O2S. The van der Waals surface area contributed by atoms with Crippen LogP contribution in [0.4, 0.5) is 5.69 Å². The SMILES string of the molecule is CC(=O)N1c2ccccc2C(=O)C12SC2(CC#N)N1CCCCC1. The van der Waals surface area contributed by atoms with Crippen LogP contribution in [0, 0.1) is 11.3 Å². The van der Waals surface area contributed by atoms with Crippen LogP contribution >= 0.6 is 11.8 Å². The highest BCUT2D eigenvalue weighted by Gasteiger charge is 2.81. The minimum atomic E-state index is -0.963. The third-order valence-electron chi connectivity index (χ3n) is 5.32. The maximum Gasteiger partial charge on any atom is 0.225 e. The number of Topliss-reactive ketones (excluding diaryl/α,β-unsaturated/α-hetero) is 1. The van der Waals surface area contributed by atoms with Crippen molar-refractivity contribution in [2.75, 3.05) is 18.0 Å². The van der Waals surface area contributed by atoms with Gasteiger partial charge in [0.1, 0.15) is 4.87 Å². The molecule has 124 valence electrons. The van der Waals surface area contributed by atoms with Gasteiger partial charge in [-0.25, -0.2) is 0 Å². The van der Waals surface area contributed by atoms with Crippen LogP contribution in [0.1, 0.15) is 43.0 Å². The van der Waals surface area contributed by atoms with E-state index in [0.717, 1.165) is 25.9 Å². The Morgan fingerprint density at radius 2 is 2.00 bits per heavy atom. The molecule has 1 spiro atoms. The van der Waals surface area contributed by atoms with Gasteiger partial charge < -0.3 is 0 Å². The zero-order chi connectivity index (χ0) is 16.9. The normalized spacial score (nSPS) is 31.8. The lowest BCUT2D eigenvalue weighted by Crippen LogP contribution is -2.55. The van der Waals surface area contributed by atoms with E-state index < -0.39 is 9.74 Å². The predicted octanol–water partition coefficient (Wildman–Crippen LogP) is 2.77. The highest BCUT2D eigenvalue weighted by Crippen LogP contribution is 2.73. The minimum Gasteiger partial charge on any atom is -0.290 e. The number of amides is 1. The van der Waals surface area contributed by atoms with Gasteiger partial charge in [-0.15, -0.1) is 0 Å². The summed E-state index contributed by atoms with van der Waals surface area (Å²) >= 11 is 1.49. The van der Waals surface area contributed by atoms with Crippen LogP contribution in [0.15, 0.2) is 24.3 Å². The summed E-state index contributed by atoms with van der Waals surface area (Å²) in [5.41, 5.74) is 1.27. The summed E-state index contributed by atoms with van der Waals surface area (Å²) in [5, 5.41) is 9.44. The molecule has 3 heterocycles. The maximum absolute atomic E-state index is 13.3. The molecule has 2 saturated heterocycles. The van der Waals surface area contributed by atoms with Gasteiger partial charge in [0, 0.05) is 12.5 Å². The number of rotatable bonds is 2. The monoisotopic (exact) mass is 341 g/mol. The molecule has 2 fully saturated rings. The molecule has 4 rings (SSSR count). The fraction of sp³-hybridized carbons (Fsp3) is 0.500. The maximum atomic E-state index is 13.3. The van der Waals surface area contributed by atoms with Crippen molar-refractivity contribution in [2.24, 2.45) is 0 Å². The fourth-order valence-electron chi connectivity index (χ4n) is 4.28. The summed E-state index contributed by atoms with van der Waals surface area (Å²) in [6.07, 6.45) is 3.58. The quantitative estimate of drug-likeness (QED) is 0.774. The lowest BCUT2D eigenvalue weighted by Gasteiger charge is -2.36. The molecule has 2 atom stereocenters. The number of nitriles is 1. The average molecular weight is 341 g/mol. The topological polar surface area (TPSA) is 64.4 Å². The zero-order valence-electron chi connectivity index (χ0n) is 13.6. The molecule has 1 aromatic carbocycles. The van der Waals surface area contributed by atoms with Crippen molar-refractivity contribution in [3.05, 3.63) is 29.8 Å². The summed E-state index contributed by atoms with van der Waals surface area (Å²) in [7, 11) is 0. The molecule has 1 aromatic rings. The standard InChI is InChI=1S/C18H19N3O2S/c1-13(22)21-15-8-4-3-7-14(15)16(23)18(21)17(24-18,9-10-19)20-11-5-2-6-12-20/h3-4,7-8H,2,5-6,9,11-12H2,1H3. The van der Waals surface area contributed by atoms with Crippen molar-refractivity contribution in [3.8, 4) is 6.07 Å². The highest BCUT2D eigenvalue weighted by atomic mass is 32.2. The molecule has 6 heteroatoms. The number of para-hydroxylation sites is 1. The van der Waals surface area contributed by atoms with Gasteiger partial charge in [0.25, 0.3) is 0 Å². The third kappa shape index (κ3) is 1.80. The molecule has 0 bridgehead atoms. The van der Waals surface area contributed by atoms with E-state index >= 15 is 0 Å². The minimum absolute atomic E-state index is 0.0286. The largest absolute Gasteiger partial charge is 0.290 e. The Bertz CT molecular complexity index is 768. The first-order chi connectivity index (χ1) is 11.6. The zero-order valence-corrected chi connectivity index (χ0v) is 14.4. The first-order valence-electron chi connectivity index (χ1n) is 8.35. The lowest BCUT2D eigenvalue weighted by atomic mass is 9.95. The van der Waals surface area contributed by atoms with Crippen molar-refractivity contribution in [2.45, 2.75) is 42.3 Å². The van der Waals surface area contributed by atoms with E-state index in [1.165, 1.54) is 25.1 Å². The van der Waals surface area contributed by atoms with E-state index in [9.17, 15) is 14.9 Å². The molecule has 1 amide bonds. The summed E-state index contributed by atoms with van der Waals surface area (Å²) in [6.45, 7) is 3.26. The number of anilines is 1. The van der Waals surface area contributed by atoms with E-state index in [-0.39, 0.29) is 18.1 Å². The molecule has 3 aliphatic rings. The Kier molecular flexibility index (Phi) is 3.48. The van der Waals surface area contributed by atoms with Gasteiger partial charge in [-0.2, -0.15) is 5.26 Å². The van der Waals surface area contributed by atoms with Crippen LogP contribution in [-0.4, -0.2) is 39.4 Å². The van der Waals surface area contributed by atoms with Crippen molar-refractivity contribution >= 4 is 29.1 Å². The van der Waals surface area contributed by atoms with Crippen LogP contribution in [0.5, 0.6) is 0 Å². The molecule has 24 heavy (non-hydrogen) atoms. The Morgan fingerprint density at radius 3 is 2.67 bits per heavy atom. The number of likely N-dealkylation sites (tertiary alicyclic amines) is 1. The summed E-state index contributed by atoms with van der Waals surface area (Å²) in [5.74, 6) is -0.170. The van der Waals surface area contributed by atoms with Crippen LogP contribution in [0.2, 0.25) is 0 Å². The molecule has 0 radical (unpaired) electrons. The van der Waals surface area contributed by atoms with Gasteiger partial charge in [0.15, 0.2) is 4.87 Å². The number of carbonyl (C=O) groups excluding carboxylic acids is 2. The van der Waals surface area contributed by atoms with Crippen molar-refractivity contribution in [1.82, 2.24) is 4.90 Å². The molecule has 2 unspecified atom stereocenters. The Morgan fingerprint density at radius 1 is 1.29 bits per heavy atom. The van der Waals surface area contributed by atoms with Gasteiger partial charge >= 0.3 is 0 Å². The highest BCUT2D eigenvalue weighted by molar-refractivity contribution is 8.10. The van der Waals surface area contributed by atoms with E-state index in [1.54, 1.807) is 11.0 Å². The number of thioether (sulfide) groups is 1. The molecule has 0 aliphatic carbocycles. The molecule has 5 nitrogen and oxygen atoms in total. The smallest absolute Gasteiger partial charge is 0.225 e. The molecule has 3 aliphatic heterocycles. The van der Waals surface area contributed by atoms with Crippen LogP contribution in [0.3, 0.4) is 0 Å². The Labute approximate surface area is 145 Å². The van der Waals surface area contributed by atoms with E-state index in [1.807, 2.05) is 18.2 Å². The predicted molar refractivity (Wildman–Crippen MR) is 92.6 cm³/mol. The molecule has 0 N–H and O–H groups in total. The lowest BCUT2D eigenvalue weighted by molar-refractivity contribution is -0.117. The number of fused-ring (bicyclic) bond motifs is 1. The van der Waals surface area contributed by atoms with Gasteiger partial charge in [0.05, 0.1) is 18.2 Å². The van der Waals surface area contributed by atoms with Crippen molar-refractivity contribution in [3.63, 3.8) is 0 Å². The van der Waals surface area contributed by atoms with Crippen LogP contribution < -0.4 is 4.90 Å². The average Bonchev–Trinajstić information content (AvgIpc) is 3.18. The number of hydrogen-bond donors (Lipinski definition) is 0. The number of hydrogen-bond acceptors (Lipinski definition) is 5. The second-order valence-electron chi connectivity index (χ2n) is 6.61. The Hall–Kier alpha value is -1.84. The number of nitrogens with zero attached hydrogens (tertiary/aromatic N) is 3. The van der Waals surface area contributed by atoms with E-state index in [4.69, 9.17) is 0 Å². The van der Waals surface area contributed by atoms with Crippen molar-refractivity contribution < 1.29 is 9.59 Å². The van der Waals surface area contributed by atoms with E-state index in [0.29, 0.717) is 11.3 Å². The fourth-order valence-corrected chi connectivity index (χ4v) is 6.07. The third-order valence-corrected chi connectivity index (χ3v) is 7.15. The molecule has 0 aromatic heterocycles. The van der Waals surface area contributed by atoms with Gasteiger partial charge in [-0.1, -0.05) is 30.3 Å². The number of benzene rings is 1. The van der Waals surface area contributed by atoms with Gasteiger partial charge in [-0.3, -0.25) is 19.4 Å². The number of ketones is 1. The second-order valence-corrected chi connectivity index (χ2v) is 8.08. The summed E-state index contributed by atoms with van der Waals surface area (Å²) < 4.78 is 0. The first-order valence-corrected chi connectivity index (χ1v) is 9.17. The van der Waals surface area contributed by atoms with Gasteiger partial charge in [0.2, 0.25) is 11.7 Å². The summed E-state index contributed by atoms with van der Waals surface area (Å²) in [4.78, 5) is 28.1. The van der Waals surface area contributed by atoms with Gasteiger partial charge in [-0.05, 0) is 38.1 Å². The molecule has 0 saturated carbocycles. The number of piperidine rings is 1. The summed E-state index contributed by atoms with van der Waals surface area (Å²) in [6, 6.07) is 9.56. The first kappa shape index (κ1) is 15.7. The molecular weight excluding hydrogens is 322 g/mol. The second kappa shape index (κ2) is 5.33. The van der Waals surface area contributed by atoms with Crippen molar-refractivity contribution in [1.29, 1.82) is 5.26 Å². The van der Waals surface area contributed by atoms with Crippen LogP contribution in [-0.2, 0) is 4.79 Å². The van der Waals surface area contributed by atoms with E-state index in [2.05, 4.69) is 11.0 Å².